The first-order chi connectivity index (χ1) is 13.3. The van der Waals surface area contributed by atoms with Crippen LogP contribution >= 0.6 is 0 Å². The van der Waals surface area contributed by atoms with Gasteiger partial charge in [0, 0.05) is 35.5 Å². The van der Waals surface area contributed by atoms with Crippen molar-refractivity contribution in [1.82, 2.24) is 4.98 Å². The van der Waals surface area contributed by atoms with Gasteiger partial charge in [0.2, 0.25) is 0 Å². The molecule has 27 heavy (non-hydrogen) atoms. The molecule has 2 aromatic carbocycles. The molecule has 1 aromatic heterocycles. The molecule has 1 aliphatic rings. The summed E-state index contributed by atoms with van der Waals surface area (Å²) in [6, 6.07) is 20.9. The summed E-state index contributed by atoms with van der Waals surface area (Å²) in [5, 5.41) is 4.18. The van der Waals surface area contributed by atoms with Crippen LogP contribution in [0.2, 0.25) is 6.32 Å². The minimum absolute atomic E-state index is 0.0332. The fourth-order valence-corrected chi connectivity index (χ4v) is 3.05. The maximum Gasteiger partial charge on any atom is 0.193 e. The van der Waals surface area contributed by atoms with Gasteiger partial charge >= 0.3 is 0 Å². The van der Waals surface area contributed by atoms with Crippen LogP contribution in [0, 0.1) is 0 Å². The Morgan fingerprint density at radius 3 is 2.52 bits per heavy atom. The van der Waals surface area contributed by atoms with Gasteiger partial charge in [0.15, 0.2) is 13.1 Å². The molecule has 5 heteroatoms. The van der Waals surface area contributed by atoms with Gasteiger partial charge in [-0.15, -0.1) is 0 Å². The number of carbonyl (C=O) groups excluding carboxylic acids is 1. The monoisotopic (exact) mass is 353 g/mol. The zero-order chi connectivity index (χ0) is 18.5. The highest BCUT2D eigenvalue weighted by atomic mass is 16.6. The Kier molecular flexibility index (Phi) is 5.10. The van der Waals surface area contributed by atoms with Gasteiger partial charge in [0.05, 0.1) is 5.71 Å². The van der Waals surface area contributed by atoms with E-state index in [0.29, 0.717) is 11.1 Å². The summed E-state index contributed by atoms with van der Waals surface area (Å²) in [6.07, 6.45) is 5.12. The highest BCUT2D eigenvalue weighted by Gasteiger charge is 2.22. The highest BCUT2D eigenvalue weighted by Crippen LogP contribution is 2.18. The van der Waals surface area contributed by atoms with Crippen LogP contribution in [0.15, 0.2) is 84.3 Å². The van der Waals surface area contributed by atoms with Crippen molar-refractivity contribution in [1.29, 1.82) is 0 Å². The summed E-state index contributed by atoms with van der Waals surface area (Å²) in [4.78, 5) is 22.1. The number of hydrogen-bond acceptors (Lipinski definition) is 4. The lowest BCUT2D eigenvalue weighted by Gasteiger charge is -2.08. The minimum Gasteiger partial charge on any atom is -0.393 e. The second-order valence-electron chi connectivity index (χ2n) is 6.47. The molecule has 2 heterocycles. The van der Waals surface area contributed by atoms with Crippen LogP contribution in [0.1, 0.15) is 27.9 Å². The number of nitrogens with zero attached hydrogens (tertiary/aromatic N) is 2. The van der Waals surface area contributed by atoms with E-state index in [-0.39, 0.29) is 11.9 Å². The van der Waals surface area contributed by atoms with Gasteiger partial charge < -0.3 is 4.84 Å². The molecule has 131 valence electrons. The van der Waals surface area contributed by atoms with Crippen molar-refractivity contribution >= 4 is 24.2 Å². The van der Waals surface area contributed by atoms with Gasteiger partial charge in [0.25, 0.3) is 0 Å². The molecule has 1 unspecified atom stereocenters. The molecule has 0 N–H and O–H groups in total. The Hall–Kier alpha value is -3.21. The Balaban J connectivity index is 1.32. The van der Waals surface area contributed by atoms with E-state index in [0.717, 1.165) is 29.5 Å². The smallest absolute Gasteiger partial charge is 0.193 e. The molecule has 1 atom stereocenters. The molecular formula is C22H18BN2O2. The number of hydrogen-bond donors (Lipinski definition) is 0. The van der Waals surface area contributed by atoms with Crippen LogP contribution in [-0.2, 0) is 4.84 Å². The number of benzene rings is 2. The van der Waals surface area contributed by atoms with E-state index < -0.39 is 0 Å². The molecule has 4 nitrogen and oxygen atoms in total. The first-order valence-electron chi connectivity index (χ1n) is 8.96. The number of carbonyl (C=O) groups is 1. The number of pyridine rings is 1. The van der Waals surface area contributed by atoms with Crippen molar-refractivity contribution in [2.45, 2.75) is 18.8 Å². The van der Waals surface area contributed by atoms with Crippen molar-refractivity contribution < 1.29 is 9.63 Å². The third-order valence-corrected chi connectivity index (χ3v) is 4.55. The maximum atomic E-state index is 12.4. The van der Waals surface area contributed by atoms with Crippen LogP contribution in [0.5, 0.6) is 0 Å². The van der Waals surface area contributed by atoms with E-state index in [1.54, 1.807) is 12.4 Å². The Morgan fingerprint density at radius 1 is 1.00 bits per heavy atom. The molecule has 0 aliphatic carbocycles. The van der Waals surface area contributed by atoms with Gasteiger partial charge in [-0.3, -0.25) is 9.78 Å². The molecule has 0 bridgehead atoms. The summed E-state index contributed by atoms with van der Waals surface area (Å²) in [5.41, 5.74) is 4.40. The van der Waals surface area contributed by atoms with Crippen LogP contribution in [0.3, 0.4) is 0 Å². The summed E-state index contributed by atoms with van der Waals surface area (Å²) in [5.74, 6) is 0.0378. The van der Waals surface area contributed by atoms with Crippen LogP contribution in [-0.4, -0.2) is 29.9 Å². The van der Waals surface area contributed by atoms with Crippen LogP contribution < -0.4 is 5.46 Å². The Bertz CT molecular complexity index is 941. The molecule has 4 rings (SSSR count). The lowest BCUT2D eigenvalue weighted by molar-refractivity contribution is 0.0996. The summed E-state index contributed by atoms with van der Waals surface area (Å²) < 4.78 is 0. The molecular weight excluding hydrogens is 335 g/mol. The fraction of sp³-hybridized carbons (Fsp3) is 0.136. The lowest BCUT2D eigenvalue weighted by Crippen LogP contribution is -2.20. The molecule has 3 aromatic rings. The van der Waals surface area contributed by atoms with Crippen molar-refractivity contribution in [2.75, 3.05) is 0 Å². The number of oxime groups is 1. The predicted molar refractivity (Wildman–Crippen MR) is 107 cm³/mol. The van der Waals surface area contributed by atoms with Crippen molar-refractivity contribution in [3.8, 4) is 0 Å². The van der Waals surface area contributed by atoms with Gasteiger partial charge in [-0.05, 0) is 18.5 Å². The summed E-state index contributed by atoms with van der Waals surface area (Å²) in [7, 11) is 2.11. The quantitative estimate of drug-likeness (QED) is 0.505. The second-order valence-corrected chi connectivity index (χ2v) is 6.47. The molecule has 0 saturated carbocycles. The molecule has 1 radical (unpaired) electrons. The Morgan fingerprint density at radius 2 is 1.78 bits per heavy atom. The van der Waals surface area contributed by atoms with E-state index in [1.807, 2.05) is 66.7 Å². The van der Waals surface area contributed by atoms with E-state index in [4.69, 9.17) is 4.84 Å². The SMILES string of the molecule is O=C(c1ccccc1)c1ccc([B]CC2CC(c3cccnc3)=NO2)cc1. The zero-order valence-electron chi connectivity index (χ0n) is 14.8. The van der Waals surface area contributed by atoms with Crippen molar-refractivity contribution in [3.63, 3.8) is 0 Å². The van der Waals surface area contributed by atoms with E-state index in [9.17, 15) is 4.79 Å². The molecule has 0 spiro atoms. The number of aromatic nitrogens is 1. The van der Waals surface area contributed by atoms with E-state index in [2.05, 4.69) is 17.4 Å². The molecule has 0 amide bonds. The van der Waals surface area contributed by atoms with Crippen molar-refractivity contribution in [2.24, 2.45) is 5.16 Å². The number of ketones is 1. The maximum absolute atomic E-state index is 12.4. The largest absolute Gasteiger partial charge is 0.393 e. The minimum atomic E-state index is 0.0332. The Labute approximate surface area is 159 Å². The van der Waals surface area contributed by atoms with Crippen LogP contribution in [0.4, 0.5) is 0 Å². The standard InChI is InChI=1S/C22H18BN2O2/c26-22(16-5-2-1-3-6-16)17-8-10-19(11-9-17)23-14-20-13-21(25-27-20)18-7-4-12-24-15-18/h1-12,15,20H,13-14H2. The van der Waals surface area contributed by atoms with Crippen LogP contribution in [0.25, 0.3) is 0 Å². The first-order valence-corrected chi connectivity index (χ1v) is 8.96. The van der Waals surface area contributed by atoms with Gasteiger partial charge in [-0.2, -0.15) is 0 Å². The highest BCUT2D eigenvalue weighted by molar-refractivity contribution is 6.53. The number of rotatable bonds is 6. The average Bonchev–Trinajstić information content (AvgIpc) is 3.22. The third-order valence-electron chi connectivity index (χ3n) is 4.55. The lowest BCUT2D eigenvalue weighted by atomic mass is 9.65. The second kappa shape index (κ2) is 8.00. The van der Waals surface area contributed by atoms with Gasteiger partial charge in [0.1, 0.15) is 6.10 Å². The topological polar surface area (TPSA) is 51.5 Å². The molecule has 1 aliphatic heterocycles. The molecule has 0 saturated heterocycles. The third kappa shape index (κ3) is 4.14. The predicted octanol–water partition coefficient (Wildman–Crippen LogP) is 3.25. The fourth-order valence-electron chi connectivity index (χ4n) is 3.05. The molecule has 0 fully saturated rings. The first kappa shape index (κ1) is 17.2. The normalized spacial score (nSPS) is 15.7. The zero-order valence-corrected chi connectivity index (χ0v) is 14.8. The summed E-state index contributed by atoms with van der Waals surface area (Å²) >= 11 is 0. The van der Waals surface area contributed by atoms with Crippen molar-refractivity contribution in [3.05, 3.63) is 95.8 Å². The van der Waals surface area contributed by atoms with E-state index in [1.165, 1.54) is 0 Å². The van der Waals surface area contributed by atoms with Gasteiger partial charge in [-0.25, -0.2) is 0 Å². The van der Waals surface area contributed by atoms with Gasteiger partial charge in [-0.1, -0.05) is 65.2 Å². The van der Waals surface area contributed by atoms with E-state index >= 15 is 0 Å². The average molecular weight is 353 g/mol. The summed E-state index contributed by atoms with van der Waals surface area (Å²) in [6.45, 7) is 0.